The van der Waals surface area contributed by atoms with Crippen LogP contribution in [0.2, 0.25) is 0 Å². The van der Waals surface area contributed by atoms with Crippen molar-refractivity contribution >= 4 is 115 Å². The zero-order valence-electron chi connectivity index (χ0n) is 45.0. The molecule has 3 aliphatic heterocycles. The number of hydrogen-bond acceptors (Lipinski definition) is 15. The van der Waals surface area contributed by atoms with Crippen molar-refractivity contribution in [2.75, 3.05) is 64.6 Å². The number of H-pyrrole nitrogens is 1. The molecule has 1 saturated heterocycles. The second-order valence-electron chi connectivity index (χ2n) is 19.3. The van der Waals surface area contributed by atoms with Crippen LogP contribution >= 0.6 is 27.7 Å². The Balaban J connectivity index is 1.58. The quantitative estimate of drug-likeness (QED) is 0.0546. The lowest BCUT2D eigenvalue weighted by molar-refractivity contribution is -0.148. The third-order valence-electron chi connectivity index (χ3n) is 13.7. The van der Waals surface area contributed by atoms with Crippen LogP contribution in [-0.2, 0) is 73.4 Å². The first kappa shape index (κ1) is 62.8. The number of esters is 1. The lowest BCUT2D eigenvalue weighted by Crippen LogP contribution is -2.61. The van der Waals surface area contributed by atoms with Gasteiger partial charge in [-0.05, 0) is 70.8 Å². The van der Waals surface area contributed by atoms with E-state index in [4.69, 9.17) is 9.47 Å². The number of benzene rings is 1. The molecule has 26 nitrogen and oxygen atoms in total. The summed E-state index contributed by atoms with van der Waals surface area (Å²) < 4.78 is 9.78. The Morgan fingerprint density at radius 3 is 2.18 bits per heavy atom. The molecule has 432 valence electrons. The van der Waals surface area contributed by atoms with Crippen molar-refractivity contribution in [1.29, 1.82) is 0 Å². The van der Waals surface area contributed by atoms with Crippen LogP contribution in [0.4, 0.5) is 5.69 Å². The lowest BCUT2D eigenvalue weighted by Gasteiger charge is -2.32. The van der Waals surface area contributed by atoms with Crippen molar-refractivity contribution in [3.63, 3.8) is 0 Å². The van der Waals surface area contributed by atoms with E-state index in [2.05, 4.69) is 74.1 Å². The number of carbonyl (C=O) groups excluding carboxylic acids is 12. The van der Waals surface area contributed by atoms with Crippen molar-refractivity contribution in [3.8, 4) is 0 Å². The number of anilines is 1. The average molecular weight is 1190 g/mol. The van der Waals surface area contributed by atoms with Crippen LogP contribution in [0.25, 0.3) is 10.9 Å². The molecule has 28 heteroatoms. The highest BCUT2D eigenvalue weighted by atomic mass is 79.9. The Hall–Kier alpha value is -7.07. The molecule has 11 N–H and O–H groups in total. The summed E-state index contributed by atoms with van der Waals surface area (Å²) in [4.78, 5) is 169. The largest absolute Gasteiger partial charge is 0.469 e. The van der Waals surface area contributed by atoms with Gasteiger partial charge in [0.15, 0.2) is 0 Å². The fraction of sp³-hybridized carbons (Fsp3) is 0.569. The fourth-order valence-corrected chi connectivity index (χ4v) is 10.3. The smallest absolute Gasteiger partial charge is 0.308 e. The zero-order valence-corrected chi connectivity index (χ0v) is 47.4. The Morgan fingerprint density at radius 1 is 0.810 bits per heavy atom. The summed E-state index contributed by atoms with van der Waals surface area (Å²) in [5.41, 5.74) is 1.14. The number of nitrogens with one attached hydrogen (secondary N) is 11. The second kappa shape index (κ2) is 30.3. The van der Waals surface area contributed by atoms with E-state index >= 15 is 0 Å². The third kappa shape index (κ3) is 18.0. The summed E-state index contributed by atoms with van der Waals surface area (Å²) in [6.45, 7) is 6.35. The summed E-state index contributed by atoms with van der Waals surface area (Å²) in [6.07, 6.45) is 1.58. The van der Waals surface area contributed by atoms with Gasteiger partial charge >= 0.3 is 5.97 Å². The maximum Gasteiger partial charge on any atom is 0.308 e. The van der Waals surface area contributed by atoms with Gasteiger partial charge in [-0.1, -0.05) is 40.5 Å². The van der Waals surface area contributed by atoms with Crippen molar-refractivity contribution in [1.82, 2.24) is 57.7 Å². The minimum atomic E-state index is -1.60. The van der Waals surface area contributed by atoms with Crippen LogP contribution < -0.4 is 53.2 Å². The molecule has 0 saturated carbocycles. The van der Waals surface area contributed by atoms with Gasteiger partial charge < -0.3 is 72.5 Å². The second-order valence-corrected chi connectivity index (χ2v) is 21.2. The predicted molar refractivity (Wildman–Crippen MR) is 291 cm³/mol. The standard InChI is InChI=1S/C51H71BrN12O14S/c1-7-26(3)42-48(74)56-23-39(67)58-35-25-79-50-30(29-19-28(13-14-32(29)61-50)57-37(65)12-9-15-53-38(66)21-31(52)44(70)54-16-18-77-5)20-33(45(71)55-24-40(68)62-42)59-49(75)43(27(4)8-2)63-47(73)36-11-10-17-64(36)51(76)34(60-46(35)72)22-41(69)78-6/h13-14,19,21,26-27,33-36,42-43,61H,7-12,15-18,20,22-25H2,1-6H3,(H,53,66)(H,54,70)(H,55,71)(H,56,74)(H,57,65)(H,58,67)(H,59,75)(H,60,72)(H,62,68)(H,63,73)/b31-21+/t26-,27-,33-,34-,35-,36-,42-,43-/m0/s1. The highest BCUT2D eigenvalue weighted by Crippen LogP contribution is 2.34. The first-order valence-electron chi connectivity index (χ1n) is 26.1. The number of rotatable bonds is 16. The van der Waals surface area contributed by atoms with E-state index in [-0.39, 0.29) is 62.2 Å². The van der Waals surface area contributed by atoms with Crippen LogP contribution in [-0.4, -0.2) is 176 Å². The van der Waals surface area contributed by atoms with Gasteiger partial charge in [0, 0.05) is 68.0 Å². The molecule has 79 heavy (non-hydrogen) atoms. The SMILES string of the molecule is CC[C@H](C)[C@@H]1NC(=O)CNC(=O)[C@@H]2Cc3c([nH]c4ccc(NC(=O)CCCNC(=O)/C=C(/Br)C(=O)NCCOC)cc34)SC[C@H](NC(=O)CNC1=O)C(=O)N[C@@H](CC(=O)OC)C(=O)N1CCC[C@H]1C(=O)N[C@@H]([C@@H](C)CC)C(=O)N2. The van der Waals surface area contributed by atoms with E-state index in [1.165, 1.54) is 12.0 Å². The summed E-state index contributed by atoms with van der Waals surface area (Å²) in [5.74, 6) is -10.1. The number of fused-ring (bicyclic) bond motifs is 5. The Bertz CT molecular complexity index is 2670. The number of thioether (sulfide) groups is 1. The van der Waals surface area contributed by atoms with Gasteiger partial charge in [-0.15, -0.1) is 11.8 Å². The van der Waals surface area contributed by atoms with Crippen molar-refractivity contribution in [2.45, 2.75) is 120 Å². The highest BCUT2D eigenvalue weighted by Gasteiger charge is 2.42. The number of nitrogens with zero attached hydrogens (tertiary/aromatic N) is 1. The number of aromatic amines is 1. The molecular weight excluding hydrogens is 1120 g/mol. The van der Waals surface area contributed by atoms with E-state index in [9.17, 15) is 57.5 Å². The summed E-state index contributed by atoms with van der Waals surface area (Å²) in [6, 6.07) is -3.31. The van der Waals surface area contributed by atoms with Gasteiger partial charge in [-0.3, -0.25) is 57.5 Å². The molecule has 1 aromatic carbocycles. The molecule has 0 aliphatic carbocycles. The molecule has 2 aromatic rings. The van der Waals surface area contributed by atoms with Gasteiger partial charge in [-0.2, -0.15) is 0 Å². The van der Waals surface area contributed by atoms with Gasteiger partial charge in [-0.25, -0.2) is 0 Å². The van der Waals surface area contributed by atoms with Gasteiger partial charge in [0.05, 0.1) is 42.7 Å². The van der Waals surface area contributed by atoms with Crippen LogP contribution in [0.3, 0.4) is 0 Å². The number of carbonyl (C=O) groups is 12. The van der Waals surface area contributed by atoms with Crippen molar-refractivity contribution in [2.24, 2.45) is 11.8 Å². The van der Waals surface area contributed by atoms with E-state index < -0.39 is 139 Å². The maximum absolute atomic E-state index is 14.7. The predicted octanol–water partition coefficient (Wildman–Crippen LogP) is -0.991. The molecule has 2 bridgehead atoms. The first-order chi connectivity index (χ1) is 37.7. The number of ether oxygens (including phenoxy) is 2. The summed E-state index contributed by atoms with van der Waals surface area (Å²) in [5, 5.41) is 27.3. The Morgan fingerprint density at radius 2 is 1.49 bits per heavy atom. The molecule has 1 fully saturated rings. The molecule has 5 rings (SSSR count). The van der Waals surface area contributed by atoms with E-state index in [1.54, 1.807) is 45.9 Å². The number of halogens is 1. The molecule has 0 unspecified atom stereocenters. The van der Waals surface area contributed by atoms with Crippen LogP contribution in [0.5, 0.6) is 0 Å². The van der Waals surface area contributed by atoms with Crippen LogP contribution in [0.15, 0.2) is 33.8 Å². The normalized spacial score (nSPS) is 23.0. The Labute approximate surface area is 469 Å². The molecule has 3 aliphatic rings. The minimum Gasteiger partial charge on any atom is -0.469 e. The summed E-state index contributed by atoms with van der Waals surface area (Å²) in [7, 11) is 2.58. The minimum absolute atomic E-state index is 0.00532. The Kier molecular flexibility index (Phi) is 24.1. The molecule has 11 amide bonds. The average Bonchev–Trinajstić information content (AvgIpc) is 4.06. The van der Waals surface area contributed by atoms with Crippen molar-refractivity contribution in [3.05, 3.63) is 34.3 Å². The number of amides is 11. The van der Waals surface area contributed by atoms with Gasteiger partial charge in [0.2, 0.25) is 59.1 Å². The molecule has 1 aromatic heterocycles. The van der Waals surface area contributed by atoms with Crippen LogP contribution in [0, 0.1) is 11.8 Å². The topological polar surface area (TPSA) is 363 Å². The number of methoxy groups -OCH3 is 2. The number of aromatic nitrogens is 1. The molecule has 8 atom stereocenters. The van der Waals surface area contributed by atoms with Gasteiger partial charge in [0.25, 0.3) is 5.91 Å². The molecule has 0 spiro atoms. The molecule has 4 heterocycles. The molecule has 0 radical (unpaired) electrons. The van der Waals surface area contributed by atoms with E-state index in [0.29, 0.717) is 46.4 Å². The fourth-order valence-electron chi connectivity index (χ4n) is 8.83. The van der Waals surface area contributed by atoms with Gasteiger partial charge in [0.1, 0.15) is 36.3 Å². The molecular formula is C51H71BrN12O14S. The van der Waals surface area contributed by atoms with Crippen LogP contribution in [0.1, 0.15) is 78.2 Å². The third-order valence-corrected chi connectivity index (χ3v) is 15.4. The number of hydrogen-bond donors (Lipinski definition) is 11. The highest BCUT2D eigenvalue weighted by molar-refractivity contribution is 9.12. The lowest BCUT2D eigenvalue weighted by atomic mass is 9.96. The zero-order chi connectivity index (χ0) is 57.9. The first-order valence-corrected chi connectivity index (χ1v) is 27.9. The van der Waals surface area contributed by atoms with Crippen molar-refractivity contribution < 1.29 is 67.0 Å². The van der Waals surface area contributed by atoms with E-state index in [1.807, 2.05) is 0 Å². The van der Waals surface area contributed by atoms with E-state index in [0.717, 1.165) is 24.9 Å². The summed E-state index contributed by atoms with van der Waals surface area (Å²) >= 11 is 4.09. The maximum atomic E-state index is 14.7. The monoisotopic (exact) mass is 1190 g/mol.